The zero-order valence-corrected chi connectivity index (χ0v) is 9.27. The summed E-state index contributed by atoms with van der Waals surface area (Å²) >= 11 is 1.44. The van der Waals surface area contributed by atoms with Crippen molar-refractivity contribution >= 4 is 23.2 Å². The lowest BCUT2D eigenvalue weighted by molar-refractivity contribution is -0.154. The number of carbonyl (C=O) groups is 2. The second kappa shape index (κ2) is 4.63. The van der Waals surface area contributed by atoms with Gasteiger partial charge in [-0.2, -0.15) is 11.3 Å². The smallest absolute Gasteiger partial charge is 0.334 e. The Morgan fingerprint density at radius 3 is 3.00 bits per heavy atom. The van der Waals surface area contributed by atoms with Crippen LogP contribution in [0.15, 0.2) is 16.8 Å². The van der Waals surface area contributed by atoms with E-state index in [-0.39, 0.29) is 19.1 Å². The zero-order chi connectivity index (χ0) is 11.5. The second-order valence-electron chi connectivity index (χ2n) is 3.46. The van der Waals surface area contributed by atoms with Crippen LogP contribution in [0.5, 0.6) is 0 Å². The molecule has 6 heteroatoms. The van der Waals surface area contributed by atoms with E-state index in [4.69, 9.17) is 9.84 Å². The summed E-state index contributed by atoms with van der Waals surface area (Å²) in [5.74, 6) is -1.15. The van der Waals surface area contributed by atoms with Crippen molar-refractivity contribution in [3.05, 3.63) is 22.4 Å². The Labute approximate surface area is 96.2 Å². The number of rotatable bonds is 2. The number of nitrogens with zero attached hydrogens (tertiary/aromatic N) is 1. The summed E-state index contributed by atoms with van der Waals surface area (Å²) in [6.45, 7) is 0.829. The van der Waals surface area contributed by atoms with Gasteiger partial charge in [-0.3, -0.25) is 4.79 Å². The van der Waals surface area contributed by atoms with Crippen LogP contribution in [0, 0.1) is 0 Å². The van der Waals surface area contributed by atoms with Crippen LogP contribution in [0.4, 0.5) is 0 Å². The van der Waals surface area contributed by atoms with Crippen LogP contribution in [0.2, 0.25) is 0 Å². The Bertz CT molecular complexity index is 390. The highest BCUT2D eigenvalue weighted by Crippen LogP contribution is 2.13. The molecule has 0 spiro atoms. The molecule has 1 fully saturated rings. The quantitative estimate of drug-likeness (QED) is 0.826. The fourth-order valence-electron chi connectivity index (χ4n) is 1.55. The standard InChI is InChI=1S/C10H11NO4S/c12-9(7-1-4-16-6-7)11-2-3-15-8(5-11)10(13)14/h1,4,6,8H,2-3,5H2,(H,13,14). The van der Waals surface area contributed by atoms with E-state index in [9.17, 15) is 9.59 Å². The van der Waals surface area contributed by atoms with Gasteiger partial charge in [0.1, 0.15) is 0 Å². The van der Waals surface area contributed by atoms with Gasteiger partial charge in [-0.15, -0.1) is 0 Å². The molecule has 1 saturated heterocycles. The minimum absolute atomic E-state index is 0.115. The molecule has 1 amide bonds. The van der Waals surface area contributed by atoms with Gasteiger partial charge in [-0.1, -0.05) is 0 Å². The van der Waals surface area contributed by atoms with Crippen LogP contribution in [0.3, 0.4) is 0 Å². The maximum Gasteiger partial charge on any atom is 0.334 e. The minimum Gasteiger partial charge on any atom is -0.479 e. The monoisotopic (exact) mass is 241 g/mol. The SMILES string of the molecule is O=C(O)C1CN(C(=O)c2ccsc2)CCO1. The van der Waals surface area contributed by atoms with E-state index < -0.39 is 12.1 Å². The molecule has 16 heavy (non-hydrogen) atoms. The molecule has 1 unspecified atom stereocenters. The van der Waals surface area contributed by atoms with Crippen molar-refractivity contribution in [2.75, 3.05) is 19.7 Å². The number of aliphatic carboxylic acids is 1. The normalized spacial score (nSPS) is 20.8. The molecule has 1 atom stereocenters. The molecule has 0 aliphatic carbocycles. The molecule has 0 saturated carbocycles. The maximum atomic E-state index is 11.9. The number of amides is 1. The van der Waals surface area contributed by atoms with Crippen molar-refractivity contribution in [2.45, 2.75) is 6.10 Å². The van der Waals surface area contributed by atoms with Crippen molar-refractivity contribution < 1.29 is 19.4 Å². The third-order valence-corrected chi connectivity index (χ3v) is 3.08. The highest BCUT2D eigenvalue weighted by atomic mass is 32.1. The van der Waals surface area contributed by atoms with Gasteiger partial charge in [0.2, 0.25) is 0 Å². The van der Waals surface area contributed by atoms with Crippen LogP contribution in [0.25, 0.3) is 0 Å². The first-order valence-corrected chi connectivity index (χ1v) is 5.78. The first-order chi connectivity index (χ1) is 7.68. The molecule has 5 nitrogen and oxygen atoms in total. The Morgan fingerprint density at radius 1 is 1.56 bits per heavy atom. The van der Waals surface area contributed by atoms with E-state index in [1.165, 1.54) is 16.2 Å². The summed E-state index contributed by atoms with van der Waals surface area (Å²) in [5, 5.41) is 12.4. The lowest BCUT2D eigenvalue weighted by Crippen LogP contribution is -2.48. The van der Waals surface area contributed by atoms with Crippen LogP contribution < -0.4 is 0 Å². The van der Waals surface area contributed by atoms with Crippen LogP contribution in [0.1, 0.15) is 10.4 Å². The molecule has 1 N–H and O–H groups in total. The number of carboxylic acid groups (broad SMARTS) is 1. The second-order valence-corrected chi connectivity index (χ2v) is 4.24. The Kier molecular flexibility index (Phi) is 3.21. The van der Waals surface area contributed by atoms with Gasteiger partial charge >= 0.3 is 5.97 Å². The first-order valence-electron chi connectivity index (χ1n) is 4.84. The molecular weight excluding hydrogens is 230 g/mol. The number of morpholine rings is 1. The van der Waals surface area contributed by atoms with Gasteiger partial charge in [0.25, 0.3) is 5.91 Å². The predicted octanol–water partition coefficient (Wildman–Crippen LogP) is 0.674. The first kappa shape index (κ1) is 11.1. The predicted molar refractivity (Wildman–Crippen MR) is 57.6 cm³/mol. The van der Waals surface area contributed by atoms with E-state index in [0.717, 1.165) is 0 Å². The van der Waals surface area contributed by atoms with Gasteiger partial charge < -0.3 is 14.7 Å². The van der Waals surface area contributed by atoms with E-state index in [2.05, 4.69) is 0 Å². The highest BCUT2D eigenvalue weighted by Gasteiger charge is 2.29. The van der Waals surface area contributed by atoms with E-state index in [1.54, 1.807) is 11.4 Å². The molecule has 2 rings (SSSR count). The van der Waals surface area contributed by atoms with Gasteiger partial charge in [0.05, 0.1) is 18.7 Å². The van der Waals surface area contributed by atoms with Crippen LogP contribution >= 0.6 is 11.3 Å². The molecule has 0 radical (unpaired) electrons. The number of hydrogen-bond donors (Lipinski definition) is 1. The van der Waals surface area contributed by atoms with Crippen LogP contribution in [-0.2, 0) is 9.53 Å². The Morgan fingerprint density at radius 2 is 2.38 bits per heavy atom. The average molecular weight is 241 g/mol. The highest BCUT2D eigenvalue weighted by molar-refractivity contribution is 7.08. The molecular formula is C10H11NO4S. The molecule has 1 aromatic heterocycles. The molecule has 86 valence electrons. The summed E-state index contributed by atoms with van der Waals surface area (Å²) in [4.78, 5) is 24.2. The maximum absolute atomic E-state index is 11.9. The fraction of sp³-hybridized carbons (Fsp3) is 0.400. The summed E-state index contributed by atoms with van der Waals surface area (Å²) in [5.41, 5.74) is 0.607. The molecule has 1 aliphatic rings. The number of carboxylic acids is 1. The van der Waals surface area contributed by atoms with Gasteiger partial charge in [-0.05, 0) is 11.4 Å². The zero-order valence-electron chi connectivity index (χ0n) is 8.46. The molecule has 0 aromatic carbocycles. The number of carbonyl (C=O) groups excluding carboxylic acids is 1. The third-order valence-electron chi connectivity index (χ3n) is 2.40. The minimum atomic E-state index is -1.03. The lowest BCUT2D eigenvalue weighted by Gasteiger charge is -2.30. The van der Waals surface area contributed by atoms with Crippen molar-refractivity contribution in [3.8, 4) is 0 Å². The van der Waals surface area contributed by atoms with E-state index >= 15 is 0 Å². The lowest BCUT2D eigenvalue weighted by atomic mass is 10.2. The number of thiophene rings is 1. The summed E-state index contributed by atoms with van der Waals surface area (Å²) in [7, 11) is 0. The van der Waals surface area contributed by atoms with E-state index in [1.807, 2.05) is 5.38 Å². The average Bonchev–Trinajstić information content (AvgIpc) is 2.81. The van der Waals surface area contributed by atoms with Crippen molar-refractivity contribution in [2.24, 2.45) is 0 Å². The number of ether oxygens (including phenoxy) is 1. The molecule has 1 aliphatic heterocycles. The summed E-state index contributed by atoms with van der Waals surface area (Å²) in [6.07, 6.45) is -0.906. The number of hydrogen-bond acceptors (Lipinski definition) is 4. The fourth-order valence-corrected chi connectivity index (χ4v) is 2.18. The van der Waals surface area contributed by atoms with Crippen molar-refractivity contribution in [1.82, 2.24) is 4.90 Å². The Balaban J connectivity index is 2.05. The van der Waals surface area contributed by atoms with Crippen molar-refractivity contribution in [1.29, 1.82) is 0 Å². The van der Waals surface area contributed by atoms with Gasteiger partial charge in [0, 0.05) is 11.9 Å². The van der Waals surface area contributed by atoms with E-state index in [0.29, 0.717) is 12.1 Å². The van der Waals surface area contributed by atoms with Gasteiger partial charge in [-0.25, -0.2) is 4.79 Å². The topological polar surface area (TPSA) is 66.8 Å². The van der Waals surface area contributed by atoms with Crippen molar-refractivity contribution in [3.63, 3.8) is 0 Å². The third kappa shape index (κ3) is 2.23. The van der Waals surface area contributed by atoms with Crippen LogP contribution in [-0.4, -0.2) is 47.7 Å². The molecule has 0 bridgehead atoms. The Hall–Kier alpha value is -1.40. The molecule has 1 aromatic rings. The summed E-state index contributed by atoms with van der Waals surface area (Å²) < 4.78 is 5.05. The van der Waals surface area contributed by atoms with Gasteiger partial charge in [0.15, 0.2) is 6.10 Å². The summed E-state index contributed by atoms with van der Waals surface area (Å²) in [6, 6.07) is 1.73. The largest absolute Gasteiger partial charge is 0.479 e. The molecule has 2 heterocycles.